The first-order chi connectivity index (χ1) is 13.3. The van der Waals surface area contributed by atoms with Crippen molar-refractivity contribution < 1.29 is 9.84 Å². The molecule has 2 aromatic carbocycles. The summed E-state index contributed by atoms with van der Waals surface area (Å²) < 4.78 is 5.87. The van der Waals surface area contributed by atoms with Crippen LogP contribution in [0.1, 0.15) is 49.8 Å². The van der Waals surface area contributed by atoms with E-state index in [1.54, 1.807) is 6.07 Å². The third kappa shape index (κ3) is 7.71. The Hall–Kier alpha value is -1.46. The van der Waals surface area contributed by atoms with E-state index in [1.807, 2.05) is 42.5 Å². The van der Waals surface area contributed by atoms with Crippen molar-refractivity contribution in [1.29, 1.82) is 0 Å². The van der Waals surface area contributed by atoms with Gasteiger partial charge in [-0.25, -0.2) is 0 Å². The number of benzene rings is 2. The van der Waals surface area contributed by atoms with Crippen molar-refractivity contribution in [3.05, 3.63) is 59.7 Å². The molecule has 0 unspecified atom stereocenters. The van der Waals surface area contributed by atoms with Gasteiger partial charge in [0.2, 0.25) is 0 Å². The Kier molecular flexibility index (Phi) is 12.1. The number of halogens is 2. The highest BCUT2D eigenvalue weighted by Crippen LogP contribution is 2.35. The van der Waals surface area contributed by atoms with Gasteiger partial charge in [-0.3, -0.25) is 4.90 Å². The number of nitrogens with one attached hydrogen (secondary N) is 1. The molecule has 2 N–H and O–H groups in total. The van der Waals surface area contributed by atoms with Crippen LogP contribution in [-0.2, 0) is 6.61 Å². The van der Waals surface area contributed by atoms with Crippen LogP contribution in [0.5, 0.6) is 11.5 Å². The number of ether oxygens (including phenoxy) is 1. The second kappa shape index (κ2) is 13.7. The Bertz CT molecular complexity index is 695. The third-order valence-corrected chi connectivity index (χ3v) is 5.28. The highest BCUT2D eigenvalue weighted by molar-refractivity contribution is 5.85. The zero-order chi connectivity index (χ0) is 18.9. The van der Waals surface area contributed by atoms with Crippen LogP contribution in [0.25, 0.3) is 0 Å². The minimum Gasteiger partial charge on any atom is -0.507 e. The molecule has 162 valence electrons. The summed E-state index contributed by atoms with van der Waals surface area (Å²) in [6, 6.07) is 16.2. The molecule has 2 aromatic rings. The standard InChI is InChI=1S/C23H32N2O2.2ClH/c1-2-3-5-10-22(25-15-13-24-14-16-25)21-12-11-20(17-23(21)26)27-18-19-8-6-4-7-9-19;;/h4,6-9,11-12,17,22,24,26H,2-3,5,10,13-16,18H2,1H3;2*1H/t22-;;/m1../s1. The lowest BCUT2D eigenvalue weighted by molar-refractivity contribution is 0.160. The van der Waals surface area contributed by atoms with Gasteiger partial charge in [0.1, 0.15) is 18.1 Å². The summed E-state index contributed by atoms with van der Waals surface area (Å²) in [6.07, 6.45) is 4.73. The first-order valence-corrected chi connectivity index (χ1v) is 10.2. The van der Waals surface area contributed by atoms with Crippen LogP contribution in [0.4, 0.5) is 0 Å². The summed E-state index contributed by atoms with van der Waals surface area (Å²) >= 11 is 0. The number of phenols is 1. The van der Waals surface area contributed by atoms with Gasteiger partial charge < -0.3 is 15.2 Å². The van der Waals surface area contributed by atoms with Gasteiger partial charge in [-0.2, -0.15) is 0 Å². The molecule has 0 aliphatic carbocycles. The van der Waals surface area contributed by atoms with Crippen LogP contribution in [0.3, 0.4) is 0 Å². The molecule has 3 rings (SSSR count). The van der Waals surface area contributed by atoms with Gasteiger partial charge in [-0.15, -0.1) is 24.8 Å². The van der Waals surface area contributed by atoms with Crippen molar-refractivity contribution >= 4 is 24.8 Å². The van der Waals surface area contributed by atoms with E-state index < -0.39 is 0 Å². The van der Waals surface area contributed by atoms with E-state index in [2.05, 4.69) is 17.1 Å². The maximum absolute atomic E-state index is 10.7. The first-order valence-electron chi connectivity index (χ1n) is 10.2. The van der Waals surface area contributed by atoms with E-state index in [1.165, 1.54) is 19.3 Å². The van der Waals surface area contributed by atoms with E-state index in [4.69, 9.17) is 4.74 Å². The Morgan fingerprint density at radius 1 is 1.03 bits per heavy atom. The summed E-state index contributed by atoms with van der Waals surface area (Å²) in [7, 11) is 0. The summed E-state index contributed by atoms with van der Waals surface area (Å²) in [5.74, 6) is 1.06. The van der Waals surface area contributed by atoms with Gasteiger partial charge in [0, 0.05) is 43.9 Å². The molecule has 1 aliphatic rings. The lowest BCUT2D eigenvalue weighted by Gasteiger charge is -2.35. The molecular formula is C23H34Cl2N2O2. The second-order valence-electron chi connectivity index (χ2n) is 7.29. The molecule has 0 bridgehead atoms. The third-order valence-electron chi connectivity index (χ3n) is 5.28. The number of unbranched alkanes of at least 4 members (excludes halogenated alkanes) is 2. The zero-order valence-corrected chi connectivity index (χ0v) is 18.8. The molecule has 0 radical (unpaired) electrons. The molecule has 0 amide bonds. The highest BCUT2D eigenvalue weighted by Gasteiger charge is 2.24. The molecule has 1 atom stereocenters. The van der Waals surface area contributed by atoms with E-state index in [0.29, 0.717) is 18.1 Å². The Labute approximate surface area is 187 Å². The highest BCUT2D eigenvalue weighted by atomic mass is 35.5. The van der Waals surface area contributed by atoms with E-state index in [-0.39, 0.29) is 30.9 Å². The van der Waals surface area contributed by atoms with E-state index in [9.17, 15) is 5.11 Å². The van der Waals surface area contributed by atoms with Gasteiger partial charge in [0.25, 0.3) is 0 Å². The monoisotopic (exact) mass is 440 g/mol. The van der Waals surface area contributed by atoms with Gasteiger partial charge in [-0.05, 0) is 18.1 Å². The summed E-state index contributed by atoms with van der Waals surface area (Å²) in [6.45, 7) is 6.84. The minimum atomic E-state index is 0. The Morgan fingerprint density at radius 3 is 2.41 bits per heavy atom. The van der Waals surface area contributed by atoms with Crippen LogP contribution in [-0.4, -0.2) is 36.2 Å². The maximum Gasteiger partial charge on any atom is 0.124 e. The average molecular weight is 441 g/mol. The fourth-order valence-electron chi connectivity index (χ4n) is 3.75. The number of phenolic OH excluding ortho intramolecular Hbond substituents is 1. The fourth-order valence-corrected chi connectivity index (χ4v) is 3.75. The smallest absolute Gasteiger partial charge is 0.124 e. The zero-order valence-electron chi connectivity index (χ0n) is 17.2. The van der Waals surface area contributed by atoms with Crippen LogP contribution in [0.15, 0.2) is 48.5 Å². The molecule has 0 aromatic heterocycles. The molecule has 4 nitrogen and oxygen atoms in total. The van der Waals surface area contributed by atoms with Crippen LogP contribution in [0.2, 0.25) is 0 Å². The van der Waals surface area contributed by atoms with E-state index >= 15 is 0 Å². The molecule has 1 heterocycles. The van der Waals surface area contributed by atoms with Gasteiger partial charge in [0.05, 0.1) is 0 Å². The predicted octanol–water partition coefficient (Wildman–Crippen LogP) is 5.34. The van der Waals surface area contributed by atoms with Crippen molar-refractivity contribution in [2.75, 3.05) is 26.2 Å². The SMILES string of the molecule is CCCCC[C@H](c1ccc(OCc2ccccc2)cc1O)N1CCNCC1.Cl.Cl. The van der Waals surface area contributed by atoms with Gasteiger partial charge in [-0.1, -0.05) is 62.6 Å². The molecule has 0 spiro atoms. The van der Waals surface area contributed by atoms with Gasteiger partial charge in [0.15, 0.2) is 0 Å². The number of aromatic hydroxyl groups is 1. The molecule has 1 saturated heterocycles. The quantitative estimate of drug-likeness (QED) is 0.516. The predicted molar refractivity (Wildman–Crippen MR) is 125 cm³/mol. The number of hydrogen-bond donors (Lipinski definition) is 2. The molecule has 1 fully saturated rings. The van der Waals surface area contributed by atoms with Crippen molar-refractivity contribution in [3.63, 3.8) is 0 Å². The molecule has 29 heavy (non-hydrogen) atoms. The van der Waals surface area contributed by atoms with Crippen molar-refractivity contribution in [3.8, 4) is 11.5 Å². The van der Waals surface area contributed by atoms with Gasteiger partial charge >= 0.3 is 0 Å². The number of nitrogens with zero attached hydrogens (tertiary/aromatic N) is 1. The van der Waals surface area contributed by atoms with Crippen molar-refractivity contribution in [2.45, 2.75) is 45.3 Å². The largest absolute Gasteiger partial charge is 0.507 e. The maximum atomic E-state index is 10.7. The number of piperazine rings is 1. The lowest BCUT2D eigenvalue weighted by Crippen LogP contribution is -2.45. The topological polar surface area (TPSA) is 44.7 Å². The van der Waals surface area contributed by atoms with E-state index in [0.717, 1.165) is 43.7 Å². The average Bonchev–Trinajstić information content (AvgIpc) is 2.72. The molecule has 1 aliphatic heterocycles. The second-order valence-corrected chi connectivity index (χ2v) is 7.29. The fraction of sp³-hybridized carbons (Fsp3) is 0.478. The number of hydrogen-bond acceptors (Lipinski definition) is 4. The Balaban J connectivity index is 0.00000210. The van der Waals surface area contributed by atoms with Crippen molar-refractivity contribution in [2.24, 2.45) is 0 Å². The normalized spacial score (nSPS) is 15.1. The van der Waals surface area contributed by atoms with Crippen LogP contribution >= 0.6 is 24.8 Å². The molecule has 0 saturated carbocycles. The van der Waals surface area contributed by atoms with Crippen molar-refractivity contribution in [1.82, 2.24) is 10.2 Å². The minimum absolute atomic E-state index is 0. The summed E-state index contributed by atoms with van der Waals surface area (Å²) in [4.78, 5) is 2.51. The lowest BCUT2D eigenvalue weighted by atomic mass is 9.97. The van der Waals surface area contributed by atoms with Crippen LogP contribution in [0, 0.1) is 0 Å². The number of rotatable bonds is 9. The summed E-state index contributed by atoms with van der Waals surface area (Å²) in [5.41, 5.74) is 2.15. The first kappa shape index (κ1) is 25.6. The van der Waals surface area contributed by atoms with Crippen LogP contribution < -0.4 is 10.1 Å². The molecular weight excluding hydrogens is 407 g/mol. The molecule has 6 heteroatoms. The Morgan fingerprint density at radius 2 is 1.76 bits per heavy atom. The summed E-state index contributed by atoms with van der Waals surface area (Å²) in [5, 5.41) is 14.1.